The molecule has 0 aliphatic carbocycles. The molecule has 0 saturated carbocycles. The number of hydrogen-bond acceptors (Lipinski definition) is 4. The average Bonchev–Trinajstić information content (AvgIpc) is 2.92. The lowest BCUT2D eigenvalue weighted by Crippen LogP contribution is -2.39. The molecular formula is C15H22ClN3O2. The molecule has 0 spiro atoms. The summed E-state index contributed by atoms with van der Waals surface area (Å²) in [7, 11) is 1.95. The Morgan fingerprint density at radius 1 is 1.38 bits per heavy atom. The van der Waals surface area contributed by atoms with Crippen LogP contribution in [0.1, 0.15) is 23.7 Å². The van der Waals surface area contributed by atoms with Gasteiger partial charge in [0.2, 0.25) is 5.91 Å². The van der Waals surface area contributed by atoms with Crippen molar-refractivity contribution in [3.05, 3.63) is 29.8 Å². The van der Waals surface area contributed by atoms with Gasteiger partial charge >= 0.3 is 0 Å². The summed E-state index contributed by atoms with van der Waals surface area (Å²) in [5.41, 5.74) is 1.13. The lowest BCUT2D eigenvalue weighted by Gasteiger charge is -2.22. The molecule has 1 aromatic rings. The maximum atomic E-state index is 12.1. The number of hydrogen-bond donors (Lipinski definition) is 2. The van der Waals surface area contributed by atoms with E-state index >= 15 is 0 Å². The van der Waals surface area contributed by atoms with Crippen molar-refractivity contribution in [2.24, 2.45) is 0 Å². The Labute approximate surface area is 131 Å². The minimum atomic E-state index is -0.0897. The van der Waals surface area contributed by atoms with Crippen molar-refractivity contribution in [2.45, 2.75) is 19.4 Å². The maximum absolute atomic E-state index is 12.1. The van der Waals surface area contributed by atoms with Gasteiger partial charge in [0, 0.05) is 18.2 Å². The van der Waals surface area contributed by atoms with Gasteiger partial charge in [-0.3, -0.25) is 14.5 Å². The summed E-state index contributed by atoms with van der Waals surface area (Å²) in [6.45, 7) is 3.76. The number of halogens is 1. The molecule has 5 nitrogen and oxygen atoms in total. The van der Waals surface area contributed by atoms with Gasteiger partial charge in [0.25, 0.3) is 0 Å². The molecule has 6 heteroatoms. The van der Waals surface area contributed by atoms with Crippen molar-refractivity contribution < 1.29 is 9.59 Å². The van der Waals surface area contributed by atoms with Gasteiger partial charge in [-0.15, -0.1) is 12.4 Å². The molecule has 1 aromatic carbocycles. The lowest BCUT2D eigenvalue weighted by atomic mass is 10.1. The first kappa shape index (κ1) is 17.6. The van der Waals surface area contributed by atoms with Crippen molar-refractivity contribution in [2.75, 3.05) is 32.0 Å². The van der Waals surface area contributed by atoms with Crippen molar-refractivity contribution in [1.82, 2.24) is 10.2 Å². The van der Waals surface area contributed by atoms with E-state index in [1.807, 2.05) is 18.0 Å². The van der Waals surface area contributed by atoms with Crippen molar-refractivity contribution in [3.8, 4) is 0 Å². The van der Waals surface area contributed by atoms with Gasteiger partial charge < -0.3 is 10.6 Å². The van der Waals surface area contributed by atoms with Crippen LogP contribution in [0, 0.1) is 0 Å². The van der Waals surface area contributed by atoms with E-state index in [1.54, 1.807) is 18.2 Å². The van der Waals surface area contributed by atoms with Crippen LogP contribution >= 0.6 is 12.4 Å². The van der Waals surface area contributed by atoms with Crippen molar-refractivity contribution >= 4 is 29.8 Å². The van der Waals surface area contributed by atoms with Gasteiger partial charge in [0.15, 0.2) is 5.78 Å². The van der Waals surface area contributed by atoms with Crippen LogP contribution in [0.5, 0.6) is 0 Å². The molecule has 1 aliphatic heterocycles. The number of para-hydroxylation sites is 1. The molecular weight excluding hydrogens is 290 g/mol. The standard InChI is InChI=1S/C15H21N3O2.ClH/c1-11(19)13-5-3-4-6-14(13)17-15(20)10-18(2)12-7-8-16-9-12;/h3-6,12,16H,7-10H2,1-2H3,(H,17,20);1H. The third-order valence-corrected chi connectivity index (χ3v) is 3.63. The molecule has 1 aliphatic rings. The summed E-state index contributed by atoms with van der Waals surface area (Å²) in [5.74, 6) is -0.137. The summed E-state index contributed by atoms with van der Waals surface area (Å²) >= 11 is 0. The monoisotopic (exact) mass is 311 g/mol. The zero-order chi connectivity index (χ0) is 14.5. The van der Waals surface area contributed by atoms with Crippen LogP contribution in [-0.4, -0.2) is 49.3 Å². The molecule has 2 N–H and O–H groups in total. The highest BCUT2D eigenvalue weighted by molar-refractivity contribution is 6.04. The molecule has 2 rings (SSSR count). The van der Waals surface area contributed by atoms with E-state index in [2.05, 4.69) is 10.6 Å². The highest BCUT2D eigenvalue weighted by Crippen LogP contribution is 2.15. The fraction of sp³-hybridized carbons (Fsp3) is 0.467. The Hall–Kier alpha value is -1.43. The van der Waals surface area contributed by atoms with Crippen LogP contribution in [0.15, 0.2) is 24.3 Å². The fourth-order valence-electron chi connectivity index (χ4n) is 2.46. The van der Waals surface area contributed by atoms with Gasteiger partial charge in [-0.1, -0.05) is 12.1 Å². The minimum Gasteiger partial charge on any atom is -0.324 e. The first-order valence-corrected chi connectivity index (χ1v) is 6.88. The predicted molar refractivity (Wildman–Crippen MR) is 86.2 cm³/mol. The second-order valence-electron chi connectivity index (χ2n) is 5.21. The number of nitrogens with one attached hydrogen (secondary N) is 2. The molecule has 1 fully saturated rings. The molecule has 0 aromatic heterocycles. The Bertz CT molecular complexity index is 501. The number of amides is 1. The summed E-state index contributed by atoms with van der Waals surface area (Å²) in [6.07, 6.45) is 1.06. The Kier molecular flexibility index (Phi) is 6.81. The summed E-state index contributed by atoms with van der Waals surface area (Å²) in [6, 6.07) is 7.49. The minimum absolute atomic E-state index is 0. The number of likely N-dealkylation sites (N-methyl/N-ethyl adjacent to an activating group) is 1. The second kappa shape index (κ2) is 8.12. The lowest BCUT2D eigenvalue weighted by molar-refractivity contribution is -0.117. The molecule has 0 bridgehead atoms. The quantitative estimate of drug-likeness (QED) is 0.810. The van der Waals surface area contributed by atoms with Gasteiger partial charge in [-0.25, -0.2) is 0 Å². The molecule has 1 heterocycles. The van der Waals surface area contributed by atoms with Crippen molar-refractivity contribution in [1.29, 1.82) is 0 Å². The molecule has 1 atom stereocenters. The van der Waals surface area contributed by atoms with Crippen LogP contribution < -0.4 is 10.6 Å². The highest BCUT2D eigenvalue weighted by Gasteiger charge is 2.21. The summed E-state index contributed by atoms with van der Waals surface area (Å²) in [5, 5.41) is 6.11. The normalized spacial score (nSPS) is 17.4. The maximum Gasteiger partial charge on any atom is 0.238 e. The van der Waals surface area contributed by atoms with Crippen LogP contribution in [0.3, 0.4) is 0 Å². The van der Waals surface area contributed by atoms with Crippen LogP contribution in [0.4, 0.5) is 5.69 Å². The van der Waals surface area contributed by atoms with Gasteiger partial charge in [0.1, 0.15) is 0 Å². The van der Waals surface area contributed by atoms with E-state index in [0.29, 0.717) is 23.8 Å². The number of carbonyl (C=O) groups is 2. The van der Waals surface area contributed by atoms with Crippen molar-refractivity contribution in [3.63, 3.8) is 0 Å². The number of carbonyl (C=O) groups excluding carboxylic acids is 2. The van der Waals surface area contributed by atoms with E-state index in [4.69, 9.17) is 0 Å². The van der Waals surface area contributed by atoms with E-state index in [0.717, 1.165) is 19.5 Å². The molecule has 1 amide bonds. The van der Waals surface area contributed by atoms with Gasteiger partial charge in [-0.2, -0.15) is 0 Å². The second-order valence-corrected chi connectivity index (χ2v) is 5.21. The molecule has 116 valence electrons. The Balaban J connectivity index is 0.00000220. The SMILES string of the molecule is CC(=O)c1ccccc1NC(=O)CN(C)C1CCNC1.Cl. The number of nitrogens with zero attached hydrogens (tertiary/aromatic N) is 1. The van der Waals surface area contributed by atoms with E-state index in [9.17, 15) is 9.59 Å². The summed E-state index contributed by atoms with van der Waals surface area (Å²) < 4.78 is 0. The highest BCUT2D eigenvalue weighted by atomic mass is 35.5. The Morgan fingerprint density at radius 3 is 2.71 bits per heavy atom. The van der Waals surface area contributed by atoms with Crippen LogP contribution in [-0.2, 0) is 4.79 Å². The smallest absolute Gasteiger partial charge is 0.238 e. The van der Waals surface area contributed by atoms with E-state index in [-0.39, 0.29) is 24.1 Å². The van der Waals surface area contributed by atoms with E-state index < -0.39 is 0 Å². The van der Waals surface area contributed by atoms with E-state index in [1.165, 1.54) is 6.92 Å². The van der Waals surface area contributed by atoms with Gasteiger partial charge in [0.05, 0.1) is 12.2 Å². The zero-order valence-corrected chi connectivity index (χ0v) is 13.2. The molecule has 21 heavy (non-hydrogen) atoms. The van der Waals surface area contributed by atoms with Gasteiger partial charge in [-0.05, 0) is 39.1 Å². The third kappa shape index (κ3) is 4.81. The number of Topliss-reactive ketones (excluding diaryl/α,β-unsaturated/α-hetero) is 1. The molecule has 0 radical (unpaired) electrons. The zero-order valence-electron chi connectivity index (χ0n) is 12.4. The Morgan fingerprint density at radius 2 is 2.10 bits per heavy atom. The third-order valence-electron chi connectivity index (χ3n) is 3.63. The topological polar surface area (TPSA) is 61.4 Å². The number of benzene rings is 1. The largest absolute Gasteiger partial charge is 0.324 e. The molecule has 1 saturated heterocycles. The first-order valence-electron chi connectivity index (χ1n) is 6.88. The average molecular weight is 312 g/mol. The summed E-state index contributed by atoms with van der Waals surface area (Å²) in [4.78, 5) is 25.6. The van der Waals surface area contributed by atoms with Crippen LogP contribution in [0.25, 0.3) is 0 Å². The van der Waals surface area contributed by atoms with Crippen LogP contribution in [0.2, 0.25) is 0 Å². The number of anilines is 1. The number of ketones is 1. The predicted octanol–water partition coefficient (Wildman–Crippen LogP) is 1.54. The molecule has 1 unspecified atom stereocenters. The fourth-order valence-corrected chi connectivity index (χ4v) is 2.46. The number of rotatable bonds is 5. The first-order chi connectivity index (χ1) is 9.58.